The molecule has 2 aromatic carbocycles. The average molecular weight is 479 g/mol. The van der Waals surface area contributed by atoms with Crippen LogP contribution in [0.15, 0.2) is 73.8 Å². The number of rotatable bonds is 16. The van der Waals surface area contributed by atoms with E-state index in [9.17, 15) is 9.59 Å². The summed E-state index contributed by atoms with van der Waals surface area (Å²) in [5.74, 6) is 1.39. The fourth-order valence-corrected chi connectivity index (χ4v) is 3.50. The van der Waals surface area contributed by atoms with Gasteiger partial charge in [-0.2, -0.15) is 0 Å². The van der Waals surface area contributed by atoms with Gasteiger partial charge in [-0.25, -0.2) is 0 Å². The van der Waals surface area contributed by atoms with Crippen molar-refractivity contribution in [2.45, 2.75) is 44.9 Å². The molecule has 0 aliphatic carbocycles. The third kappa shape index (κ3) is 9.69. The third-order valence-corrected chi connectivity index (χ3v) is 5.80. The van der Waals surface area contributed by atoms with Crippen molar-refractivity contribution in [3.8, 4) is 11.5 Å². The summed E-state index contributed by atoms with van der Waals surface area (Å²) in [7, 11) is 0. The number of benzene rings is 2. The Morgan fingerprint density at radius 1 is 0.714 bits per heavy atom. The van der Waals surface area contributed by atoms with Gasteiger partial charge in [0.15, 0.2) is 0 Å². The van der Waals surface area contributed by atoms with Gasteiger partial charge in [0.1, 0.15) is 11.5 Å². The molecular weight excluding hydrogens is 440 g/mol. The summed E-state index contributed by atoms with van der Waals surface area (Å²) >= 11 is 0. The fraction of sp³-hybridized carbons (Fsp3) is 0.379. The van der Waals surface area contributed by atoms with Crippen LogP contribution in [0, 0.1) is 0 Å². The van der Waals surface area contributed by atoms with E-state index in [2.05, 4.69) is 61.9 Å². The van der Waals surface area contributed by atoms with Gasteiger partial charge in [0.2, 0.25) is 11.8 Å². The fourth-order valence-electron chi connectivity index (χ4n) is 3.50. The normalized spacial score (nSPS) is 10.8. The summed E-state index contributed by atoms with van der Waals surface area (Å²) in [4.78, 5) is 22.2. The summed E-state index contributed by atoms with van der Waals surface area (Å²) < 4.78 is 11.7. The summed E-state index contributed by atoms with van der Waals surface area (Å²) in [6.07, 6.45) is 6.01. The van der Waals surface area contributed by atoms with E-state index in [1.54, 1.807) is 0 Å². The minimum absolute atomic E-state index is 0.144. The molecule has 0 aliphatic rings. The first-order valence-corrected chi connectivity index (χ1v) is 12.1. The molecule has 0 saturated heterocycles. The topological polar surface area (TPSA) is 76.7 Å². The average Bonchev–Trinajstić information content (AvgIpc) is 2.88. The van der Waals surface area contributed by atoms with Gasteiger partial charge >= 0.3 is 0 Å². The highest BCUT2D eigenvalue weighted by Gasteiger charge is 2.23. The summed E-state index contributed by atoms with van der Waals surface area (Å²) in [6.45, 7) is 13.7. The van der Waals surface area contributed by atoms with Crippen LogP contribution in [0.25, 0.3) is 0 Å². The Kier molecular flexibility index (Phi) is 11.6. The largest absolute Gasteiger partial charge is 0.494 e. The van der Waals surface area contributed by atoms with Gasteiger partial charge in [0.25, 0.3) is 0 Å². The van der Waals surface area contributed by atoms with Crippen molar-refractivity contribution >= 4 is 11.8 Å². The van der Waals surface area contributed by atoms with E-state index >= 15 is 0 Å². The van der Waals surface area contributed by atoms with Gasteiger partial charge in [-0.15, -0.1) is 0 Å². The number of hydrogen-bond acceptors (Lipinski definition) is 4. The Morgan fingerprint density at radius 3 is 1.43 bits per heavy atom. The standard InChI is InChI=1S/C29H38N2O4/c1-5-27(32)30-19-7-9-21-34-25-15-11-23(12-16-25)29(3,4)24-13-17-26(18-14-24)35-22-10-8-20-31-28(33)6-2/h5-6,11-18H,1-2,7-10,19-22H2,3-4H3,(H,30,32)(H,31,33). The second-order valence-corrected chi connectivity index (χ2v) is 8.78. The molecule has 2 aromatic rings. The van der Waals surface area contributed by atoms with Gasteiger partial charge in [-0.1, -0.05) is 51.3 Å². The number of ether oxygens (including phenoxy) is 2. The predicted molar refractivity (Wildman–Crippen MR) is 141 cm³/mol. The number of nitrogens with one attached hydrogen (secondary N) is 2. The van der Waals surface area contributed by atoms with Crippen LogP contribution in [0.3, 0.4) is 0 Å². The Hall–Kier alpha value is -3.54. The van der Waals surface area contributed by atoms with Gasteiger partial charge in [0.05, 0.1) is 13.2 Å². The molecule has 6 heteroatoms. The molecule has 2 amide bonds. The number of hydrogen-bond donors (Lipinski definition) is 2. The lowest BCUT2D eigenvalue weighted by molar-refractivity contribution is -0.117. The van der Waals surface area contributed by atoms with Crippen molar-refractivity contribution in [3.63, 3.8) is 0 Å². The zero-order chi connectivity index (χ0) is 25.5. The van der Waals surface area contributed by atoms with Crippen molar-refractivity contribution < 1.29 is 19.1 Å². The van der Waals surface area contributed by atoms with Crippen LogP contribution in [0.1, 0.15) is 50.7 Å². The first-order valence-electron chi connectivity index (χ1n) is 12.1. The molecule has 0 aromatic heterocycles. The lowest BCUT2D eigenvalue weighted by atomic mass is 9.78. The van der Waals surface area contributed by atoms with Gasteiger partial charge in [0, 0.05) is 18.5 Å². The molecule has 6 nitrogen and oxygen atoms in total. The van der Waals surface area contributed by atoms with Crippen molar-refractivity contribution in [1.82, 2.24) is 10.6 Å². The van der Waals surface area contributed by atoms with Gasteiger partial charge < -0.3 is 20.1 Å². The SMILES string of the molecule is C=CC(=O)NCCCCOc1ccc(C(C)(C)c2ccc(OCCCCNC(=O)C=C)cc2)cc1. The first-order chi connectivity index (χ1) is 16.9. The van der Waals surface area contributed by atoms with Crippen LogP contribution in [0.4, 0.5) is 0 Å². The molecular formula is C29H38N2O4. The molecule has 35 heavy (non-hydrogen) atoms. The van der Waals surface area contributed by atoms with Crippen molar-refractivity contribution in [2.75, 3.05) is 26.3 Å². The van der Waals surface area contributed by atoms with E-state index in [0.29, 0.717) is 26.3 Å². The molecule has 0 atom stereocenters. The van der Waals surface area contributed by atoms with Crippen molar-refractivity contribution in [1.29, 1.82) is 0 Å². The van der Waals surface area contributed by atoms with Crippen molar-refractivity contribution in [2.24, 2.45) is 0 Å². The summed E-state index contributed by atoms with van der Waals surface area (Å²) in [5.41, 5.74) is 2.24. The maximum absolute atomic E-state index is 11.1. The number of carbonyl (C=O) groups excluding carboxylic acids is 2. The maximum Gasteiger partial charge on any atom is 0.243 e. The van der Waals surface area contributed by atoms with E-state index in [4.69, 9.17) is 9.47 Å². The van der Waals surface area contributed by atoms with Crippen LogP contribution in [0.5, 0.6) is 11.5 Å². The van der Waals surface area contributed by atoms with Crippen LogP contribution in [-0.2, 0) is 15.0 Å². The lowest BCUT2D eigenvalue weighted by Gasteiger charge is -2.26. The van der Waals surface area contributed by atoms with E-state index in [-0.39, 0.29) is 17.2 Å². The first kappa shape index (κ1) is 27.7. The minimum Gasteiger partial charge on any atom is -0.494 e. The summed E-state index contributed by atoms with van der Waals surface area (Å²) in [6, 6.07) is 16.4. The van der Waals surface area contributed by atoms with Crippen LogP contribution in [0.2, 0.25) is 0 Å². The molecule has 0 radical (unpaired) electrons. The van der Waals surface area contributed by atoms with Gasteiger partial charge in [-0.3, -0.25) is 9.59 Å². The molecule has 0 fully saturated rings. The Labute approximate surface area is 209 Å². The smallest absolute Gasteiger partial charge is 0.243 e. The molecule has 2 rings (SSSR count). The van der Waals surface area contributed by atoms with Crippen molar-refractivity contribution in [3.05, 3.63) is 85.0 Å². The van der Waals surface area contributed by atoms with E-state index < -0.39 is 0 Å². The second kappa shape index (κ2) is 14.7. The molecule has 0 heterocycles. The van der Waals surface area contributed by atoms with E-state index in [0.717, 1.165) is 37.2 Å². The van der Waals surface area contributed by atoms with Crippen LogP contribution < -0.4 is 20.1 Å². The minimum atomic E-state index is -0.163. The Morgan fingerprint density at radius 2 is 1.09 bits per heavy atom. The third-order valence-electron chi connectivity index (χ3n) is 5.80. The molecule has 188 valence electrons. The highest BCUT2D eigenvalue weighted by Crippen LogP contribution is 2.33. The maximum atomic E-state index is 11.1. The highest BCUT2D eigenvalue weighted by molar-refractivity contribution is 5.87. The number of amides is 2. The molecule has 2 N–H and O–H groups in total. The van der Waals surface area contributed by atoms with E-state index in [1.165, 1.54) is 23.3 Å². The lowest BCUT2D eigenvalue weighted by Crippen LogP contribution is -2.22. The monoisotopic (exact) mass is 478 g/mol. The zero-order valence-corrected chi connectivity index (χ0v) is 21.0. The van der Waals surface area contributed by atoms with Crippen LogP contribution >= 0.6 is 0 Å². The van der Waals surface area contributed by atoms with Gasteiger partial charge in [-0.05, 0) is 73.2 Å². The Bertz CT molecular complexity index is 872. The number of unbranched alkanes of at least 4 members (excludes halogenated alkanes) is 2. The summed E-state index contributed by atoms with van der Waals surface area (Å²) in [5, 5.41) is 5.52. The molecule has 0 aliphatic heterocycles. The molecule has 0 saturated carbocycles. The molecule has 0 spiro atoms. The second-order valence-electron chi connectivity index (χ2n) is 8.78. The Balaban J connectivity index is 1.77. The zero-order valence-electron chi connectivity index (χ0n) is 21.0. The quantitative estimate of drug-likeness (QED) is 0.265. The number of carbonyl (C=O) groups is 2. The molecule has 0 bridgehead atoms. The van der Waals surface area contributed by atoms with E-state index in [1.807, 2.05) is 24.3 Å². The highest BCUT2D eigenvalue weighted by atomic mass is 16.5. The molecule has 0 unspecified atom stereocenters. The predicted octanol–water partition coefficient (Wildman–Crippen LogP) is 4.93. The van der Waals surface area contributed by atoms with Crippen LogP contribution in [-0.4, -0.2) is 38.1 Å².